The summed E-state index contributed by atoms with van der Waals surface area (Å²) >= 11 is 1.34. The maximum atomic E-state index is 14.2. The van der Waals surface area contributed by atoms with Gasteiger partial charge in [0.1, 0.15) is 11.6 Å². The third kappa shape index (κ3) is 4.26. The van der Waals surface area contributed by atoms with Gasteiger partial charge in [-0.2, -0.15) is 0 Å². The summed E-state index contributed by atoms with van der Waals surface area (Å²) in [5, 5.41) is 2.29. The van der Waals surface area contributed by atoms with Crippen molar-refractivity contribution in [3.8, 4) is 11.1 Å². The van der Waals surface area contributed by atoms with Crippen LogP contribution in [0.5, 0.6) is 0 Å². The average molecular weight is 469 g/mol. The highest BCUT2D eigenvalue weighted by molar-refractivity contribution is 7.11. The molecule has 0 saturated carbocycles. The second kappa shape index (κ2) is 8.99. The maximum absolute atomic E-state index is 14.2. The van der Waals surface area contributed by atoms with Gasteiger partial charge < -0.3 is 9.80 Å². The number of halogens is 2. The molecule has 2 fully saturated rings. The van der Waals surface area contributed by atoms with Crippen LogP contribution in [0.15, 0.2) is 54.0 Å². The van der Waals surface area contributed by atoms with Gasteiger partial charge in [-0.05, 0) is 29.8 Å². The third-order valence-electron chi connectivity index (χ3n) is 6.25. The van der Waals surface area contributed by atoms with E-state index in [1.807, 2.05) is 0 Å². The predicted molar refractivity (Wildman–Crippen MR) is 122 cm³/mol. The normalized spacial score (nSPS) is 19.3. The number of aromatic nitrogens is 1. The number of anilines is 1. The van der Waals surface area contributed by atoms with Gasteiger partial charge in [0.25, 0.3) is 5.91 Å². The Hall–Kier alpha value is -3.17. The molecule has 0 bridgehead atoms. The Labute approximate surface area is 194 Å². The van der Waals surface area contributed by atoms with Crippen LogP contribution in [0.3, 0.4) is 0 Å². The van der Waals surface area contributed by atoms with Crippen LogP contribution >= 0.6 is 11.3 Å². The number of nitrogens with zero attached hydrogens (tertiary/aromatic N) is 4. The molecule has 2 amide bonds. The van der Waals surface area contributed by atoms with Crippen LogP contribution < -0.4 is 4.90 Å². The van der Waals surface area contributed by atoms with E-state index in [1.54, 1.807) is 45.6 Å². The number of benzene rings is 2. The highest BCUT2D eigenvalue weighted by atomic mass is 32.1. The molecule has 6 nitrogen and oxygen atoms in total. The van der Waals surface area contributed by atoms with E-state index in [-0.39, 0.29) is 23.4 Å². The SMILES string of the molecule is O=C(c1nccs1)N1CCN(C2CC(=O)N(c3cccc(-c4c(F)cccc4F)c3)C2)CC1. The minimum absolute atomic E-state index is 0.0209. The van der Waals surface area contributed by atoms with E-state index >= 15 is 0 Å². The van der Waals surface area contributed by atoms with Gasteiger partial charge in [0, 0.05) is 62.5 Å². The van der Waals surface area contributed by atoms with Crippen LogP contribution in [0.4, 0.5) is 14.5 Å². The highest BCUT2D eigenvalue weighted by Gasteiger charge is 2.36. The fourth-order valence-electron chi connectivity index (χ4n) is 4.54. The number of hydrogen-bond acceptors (Lipinski definition) is 5. The molecule has 2 aliphatic heterocycles. The third-order valence-corrected chi connectivity index (χ3v) is 7.01. The van der Waals surface area contributed by atoms with Gasteiger partial charge in [-0.1, -0.05) is 18.2 Å². The highest BCUT2D eigenvalue weighted by Crippen LogP contribution is 2.31. The first-order chi connectivity index (χ1) is 16.0. The molecule has 170 valence electrons. The number of amides is 2. The molecule has 0 aliphatic carbocycles. The van der Waals surface area contributed by atoms with Gasteiger partial charge in [-0.15, -0.1) is 11.3 Å². The summed E-state index contributed by atoms with van der Waals surface area (Å²) < 4.78 is 28.5. The zero-order chi connectivity index (χ0) is 22.9. The van der Waals surface area contributed by atoms with E-state index in [9.17, 15) is 18.4 Å². The summed E-state index contributed by atoms with van der Waals surface area (Å²) in [4.78, 5) is 35.2. The second-order valence-electron chi connectivity index (χ2n) is 8.17. The first kappa shape index (κ1) is 21.7. The van der Waals surface area contributed by atoms with E-state index < -0.39 is 11.6 Å². The Kier molecular flexibility index (Phi) is 5.90. The van der Waals surface area contributed by atoms with Gasteiger partial charge in [-0.25, -0.2) is 13.8 Å². The number of carbonyl (C=O) groups excluding carboxylic acids is 2. The van der Waals surface area contributed by atoms with Crippen LogP contribution in [0.1, 0.15) is 16.2 Å². The Morgan fingerprint density at radius 3 is 2.45 bits per heavy atom. The van der Waals surface area contributed by atoms with Gasteiger partial charge in [0.15, 0.2) is 5.01 Å². The molecule has 33 heavy (non-hydrogen) atoms. The van der Waals surface area contributed by atoms with E-state index in [4.69, 9.17) is 0 Å². The van der Waals surface area contributed by atoms with Gasteiger partial charge in [0.05, 0.1) is 5.56 Å². The van der Waals surface area contributed by atoms with E-state index in [0.717, 1.165) is 0 Å². The minimum Gasteiger partial charge on any atom is -0.334 e. The molecule has 0 spiro atoms. The summed E-state index contributed by atoms with van der Waals surface area (Å²) in [6.07, 6.45) is 2.00. The first-order valence-corrected chi connectivity index (χ1v) is 11.7. The van der Waals surface area contributed by atoms with Crippen molar-refractivity contribution in [2.75, 3.05) is 37.6 Å². The molecule has 0 radical (unpaired) electrons. The van der Waals surface area contributed by atoms with Crippen LogP contribution in [0.25, 0.3) is 11.1 Å². The van der Waals surface area contributed by atoms with Crippen molar-refractivity contribution < 1.29 is 18.4 Å². The van der Waals surface area contributed by atoms with Crippen LogP contribution in [-0.2, 0) is 4.79 Å². The molecule has 0 N–H and O–H groups in total. The van der Waals surface area contributed by atoms with Crippen molar-refractivity contribution in [1.29, 1.82) is 0 Å². The topological polar surface area (TPSA) is 56.8 Å². The molecule has 1 atom stereocenters. The largest absolute Gasteiger partial charge is 0.334 e. The van der Waals surface area contributed by atoms with Crippen molar-refractivity contribution in [2.45, 2.75) is 12.5 Å². The Morgan fingerprint density at radius 2 is 1.76 bits per heavy atom. The van der Waals surface area contributed by atoms with Crippen molar-refractivity contribution in [2.24, 2.45) is 0 Å². The van der Waals surface area contributed by atoms with Gasteiger partial charge in [-0.3, -0.25) is 14.5 Å². The summed E-state index contributed by atoms with van der Waals surface area (Å²) in [7, 11) is 0. The Balaban J connectivity index is 1.27. The minimum atomic E-state index is -0.636. The first-order valence-electron chi connectivity index (χ1n) is 10.8. The number of hydrogen-bond donors (Lipinski definition) is 0. The standard InChI is InChI=1S/C24H22F2N4O2S/c25-19-5-2-6-20(26)22(19)16-3-1-4-17(13-16)30-15-18(14-21(30)31)28-8-10-29(11-9-28)24(32)23-27-7-12-33-23/h1-7,12-13,18H,8-11,14-15H2. The lowest BCUT2D eigenvalue weighted by Gasteiger charge is -2.37. The molecular formula is C24H22F2N4O2S. The van der Waals surface area contributed by atoms with Crippen LogP contribution in [-0.4, -0.2) is 65.4 Å². The summed E-state index contributed by atoms with van der Waals surface area (Å²) in [6.45, 7) is 3.05. The average Bonchev–Trinajstić information content (AvgIpc) is 3.49. The van der Waals surface area contributed by atoms with Crippen molar-refractivity contribution >= 4 is 28.8 Å². The number of piperazine rings is 1. The predicted octanol–water partition coefficient (Wildman–Crippen LogP) is 3.65. The quantitative estimate of drug-likeness (QED) is 0.587. The molecule has 1 unspecified atom stereocenters. The molecule has 2 saturated heterocycles. The zero-order valence-corrected chi connectivity index (χ0v) is 18.6. The summed E-state index contributed by atoms with van der Waals surface area (Å²) in [5.41, 5.74) is 0.928. The van der Waals surface area contributed by atoms with Crippen molar-refractivity contribution in [3.05, 3.63) is 70.7 Å². The molecule has 2 aromatic carbocycles. The van der Waals surface area contributed by atoms with E-state index in [0.29, 0.717) is 55.4 Å². The molecule has 9 heteroatoms. The molecule has 2 aliphatic rings. The number of rotatable bonds is 4. The molecule has 3 heterocycles. The molecular weight excluding hydrogens is 446 g/mol. The molecule has 5 rings (SSSR count). The van der Waals surface area contributed by atoms with Crippen molar-refractivity contribution in [3.63, 3.8) is 0 Å². The lowest BCUT2D eigenvalue weighted by molar-refractivity contribution is -0.117. The fraction of sp³-hybridized carbons (Fsp3) is 0.292. The smallest absolute Gasteiger partial charge is 0.282 e. The Bertz CT molecular complexity index is 1160. The van der Waals surface area contributed by atoms with E-state index in [2.05, 4.69) is 9.88 Å². The lowest BCUT2D eigenvalue weighted by atomic mass is 10.0. The monoisotopic (exact) mass is 468 g/mol. The van der Waals surface area contributed by atoms with Gasteiger partial charge in [0.2, 0.25) is 5.91 Å². The van der Waals surface area contributed by atoms with E-state index in [1.165, 1.54) is 29.5 Å². The van der Waals surface area contributed by atoms with Crippen molar-refractivity contribution in [1.82, 2.24) is 14.8 Å². The Morgan fingerprint density at radius 1 is 1.03 bits per heavy atom. The van der Waals surface area contributed by atoms with Crippen LogP contribution in [0, 0.1) is 11.6 Å². The summed E-state index contributed by atoms with van der Waals surface area (Å²) in [5.74, 6) is -1.34. The second-order valence-corrected chi connectivity index (χ2v) is 9.07. The maximum Gasteiger partial charge on any atom is 0.282 e. The van der Waals surface area contributed by atoms with Crippen LogP contribution in [0.2, 0.25) is 0 Å². The summed E-state index contributed by atoms with van der Waals surface area (Å²) in [6, 6.07) is 10.6. The lowest BCUT2D eigenvalue weighted by Crippen LogP contribution is -2.52. The molecule has 3 aromatic rings. The molecule has 1 aromatic heterocycles. The zero-order valence-electron chi connectivity index (χ0n) is 17.8. The van der Waals surface area contributed by atoms with Gasteiger partial charge >= 0.3 is 0 Å². The number of thiazole rings is 1. The fourth-order valence-corrected chi connectivity index (χ4v) is 5.14. The number of carbonyl (C=O) groups is 2.